The monoisotopic (exact) mass is 257 g/mol. The smallest absolute Gasteiger partial charge is 0.120 e. The minimum atomic E-state index is 0.104. The average Bonchev–Trinajstić information content (AvgIpc) is 2.39. The van der Waals surface area contributed by atoms with E-state index in [4.69, 9.17) is 0 Å². The summed E-state index contributed by atoms with van der Waals surface area (Å²) in [5.41, 5.74) is 3.03. The van der Waals surface area contributed by atoms with Crippen LogP contribution in [0.1, 0.15) is 29.7 Å². The molecule has 3 nitrogen and oxygen atoms in total. The summed E-state index contributed by atoms with van der Waals surface area (Å²) in [5.74, 6) is 0.575. The van der Waals surface area contributed by atoms with Crippen LogP contribution in [-0.2, 0) is 6.54 Å². The zero-order valence-corrected chi connectivity index (χ0v) is 11.2. The first kappa shape index (κ1) is 13.4. The largest absolute Gasteiger partial charge is 0.508 e. The molecule has 0 aliphatic heterocycles. The third kappa shape index (κ3) is 3.48. The van der Waals surface area contributed by atoms with Crippen molar-refractivity contribution in [1.82, 2.24) is 5.32 Å². The maximum atomic E-state index is 9.78. The molecule has 0 fully saturated rings. The van der Waals surface area contributed by atoms with Crippen LogP contribution in [0.4, 0.5) is 0 Å². The molecule has 1 atom stereocenters. The standard InChI is InChI=1S/C16H19NO2/c1-11-6-7-16(19)14(8-11)10-17-12(2)13-4-3-5-15(18)9-13/h3-9,12,17-19H,10H2,1-2H3. The van der Waals surface area contributed by atoms with Gasteiger partial charge < -0.3 is 15.5 Å². The molecular formula is C16H19NO2. The normalized spacial score (nSPS) is 12.3. The first-order valence-corrected chi connectivity index (χ1v) is 6.37. The lowest BCUT2D eigenvalue weighted by Crippen LogP contribution is -2.18. The molecule has 0 aliphatic carbocycles. The second-order valence-corrected chi connectivity index (χ2v) is 4.83. The molecule has 0 saturated heterocycles. The molecule has 2 aromatic rings. The van der Waals surface area contributed by atoms with Gasteiger partial charge in [0.1, 0.15) is 11.5 Å². The molecule has 100 valence electrons. The minimum Gasteiger partial charge on any atom is -0.508 e. The van der Waals surface area contributed by atoms with Crippen molar-refractivity contribution in [1.29, 1.82) is 0 Å². The summed E-state index contributed by atoms with van der Waals surface area (Å²) in [6.07, 6.45) is 0. The Kier molecular flexibility index (Phi) is 4.07. The van der Waals surface area contributed by atoms with Crippen molar-refractivity contribution < 1.29 is 10.2 Å². The van der Waals surface area contributed by atoms with Crippen LogP contribution in [0.5, 0.6) is 11.5 Å². The Bertz CT molecular complexity index is 566. The number of aryl methyl sites for hydroxylation is 1. The van der Waals surface area contributed by atoms with Crippen LogP contribution in [0.3, 0.4) is 0 Å². The fourth-order valence-electron chi connectivity index (χ4n) is 2.03. The number of nitrogens with one attached hydrogen (secondary N) is 1. The zero-order valence-electron chi connectivity index (χ0n) is 11.2. The Balaban J connectivity index is 2.04. The number of rotatable bonds is 4. The molecule has 0 amide bonds. The van der Waals surface area contributed by atoms with Gasteiger partial charge in [0.05, 0.1) is 0 Å². The molecule has 1 unspecified atom stereocenters. The van der Waals surface area contributed by atoms with E-state index in [1.807, 2.05) is 38.1 Å². The number of phenols is 2. The van der Waals surface area contributed by atoms with Crippen molar-refractivity contribution in [2.45, 2.75) is 26.4 Å². The van der Waals surface area contributed by atoms with Gasteiger partial charge in [-0.1, -0.05) is 29.8 Å². The van der Waals surface area contributed by atoms with Gasteiger partial charge in [0.15, 0.2) is 0 Å². The lowest BCUT2D eigenvalue weighted by atomic mass is 10.1. The molecule has 0 aliphatic rings. The molecule has 19 heavy (non-hydrogen) atoms. The molecule has 3 N–H and O–H groups in total. The molecule has 0 aromatic heterocycles. The number of hydrogen-bond donors (Lipinski definition) is 3. The number of phenolic OH excluding ortho intramolecular Hbond substituents is 2. The fraction of sp³-hybridized carbons (Fsp3) is 0.250. The van der Waals surface area contributed by atoms with Crippen LogP contribution in [-0.4, -0.2) is 10.2 Å². The highest BCUT2D eigenvalue weighted by molar-refractivity contribution is 5.36. The first-order chi connectivity index (χ1) is 9.06. The van der Waals surface area contributed by atoms with Crippen molar-refractivity contribution in [2.75, 3.05) is 0 Å². The quantitative estimate of drug-likeness (QED) is 0.788. The lowest BCUT2D eigenvalue weighted by Gasteiger charge is -2.15. The average molecular weight is 257 g/mol. The third-order valence-electron chi connectivity index (χ3n) is 3.20. The Morgan fingerprint density at radius 2 is 1.89 bits per heavy atom. The topological polar surface area (TPSA) is 52.5 Å². The molecule has 0 heterocycles. The van der Waals surface area contributed by atoms with Crippen LogP contribution < -0.4 is 5.32 Å². The Hall–Kier alpha value is -2.00. The Morgan fingerprint density at radius 1 is 1.11 bits per heavy atom. The predicted octanol–water partition coefficient (Wildman–Crippen LogP) is 3.26. The van der Waals surface area contributed by atoms with Gasteiger partial charge in [-0.15, -0.1) is 0 Å². The van der Waals surface area contributed by atoms with Gasteiger partial charge in [0, 0.05) is 18.2 Å². The minimum absolute atomic E-state index is 0.104. The molecule has 2 aromatic carbocycles. The highest BCUT2D eigenvalue weighted by atomic mass is 16.3. The van der Waals surface area contributed by atoms with E-state index >= 15 is 0 Å². The summed E-state index contributed by atoms with van der Waals surface area (Å²) in [6.45, 7) is 4.62. The number of hydrogen-bond acceptors (Lipinski definition) is 3. The van der Waals surface area contributed by atoms with E-state index in [0.717, 1.165) is 16.7 Å². The van der Waals surface area contributed by atoms with Gasteiger partial charge in [-0.2, -0.15) is 0 Å². The van der Waals surface area contributed by atoms with Crippen LogP contribution >= 0.6 is 0 Å². The summed E-state index contributed by atoms with van der Waals surface area (Å²) in [6, 6.07) is 12.9. The van der Waals surface area contributed by atoms with Gasteiger partial charge in [0.25, 0.3) is 0 Å². The van der Waals surface area contributed by atoms with Crippen molar-refractivity contribution in [3.63, 3.8) is 0 Å². The summed E-state index contributed by atoms with van der Waals surface area (Å²) >= 11 is 0. The van der Waals surface area contributed by atoms with Crippen LogP contribution in [0, 0.1) is 6.92 Å². The summed E-state index contributed by atoms with van der Waals surface area (Å²) in [7, 11) is 0. The van der Waals surface area contributed by atoms with Crippen LogP contribution in [0.15, 0.2) is 42.5 Å². The van der Waals surface area contributed by atoms with Crippen LogP contribution in [0.2, 0.25) is 0 Å². The maximum absolute atomic E-state index is 9.78. The van der Waals surface area contributed by atoms with Crippen molar-refractivity contribution in [3.05, 3.63) is 59.2 Å². The summed E-state index contributed by atoms with van der Waals surface area (Å²) in [5, 5.41) is 22.6. The molecule has 0 saturated carbocycles. The van der Waals surface area contributed by atoms with E-state index in [1.165, 1.54) is 0 Å². The molecule has 3 heteroatoms. The molecule has 0 spiro atoms. The lowest BCUT2D eigenvalue weighted by molar-refractivity contribution is 0.458. The predicted molar refractivity (Wildman–Crippen MR) is 76.2 cm³/mol. The molecule has 2 rings (SSSR count). The number of aromatic hydroxyl groups is 2. The zero-order chi connectivity index (χ0) is 13.8. The van der Waals surface area contributed by atoms with E-state index in [2.05, 4.69) is 5.32 Å². The fourth-order valence-corrected chi connectivity index (χ4v) is 2.03. The van der Waals surface area contributed by atoms with E-state index in [9.17, 15) is 10.2 Å². The highest BCUT2D eigenvalue weighted by Gasteiger charge is 2.07. The summed E-state index contributed by atoms with van der Waals surface area (Å²) < 4.78 is 0. The van der Waals surface area contributed by atoms with Gasteiger partial charge in [-0.3, -0.25) is 0 Å². The summed E-state index contributed by atoms with van der Waals surface area (Å²) in [4.78, 5) is 0. The third-order valence-corrected chi connectivity index (χ3v) is 3.20. The van der Waals surface area contributed by atoms with E-state index < -0.39 is 0 Å². The molecule has 0 radical (unpaired) electrons. The van der Waals surface area contributed by atoms with Gasteiger partial charge in [-0.05, 0) is 37.6 Å². The van der Waals surface area contributed by atoms with Gasteiger partial charge in [-0.25, -0.2) is 0 Å². The van der Waals surface area contributed by atoms with Crippen molar-refractivity contribution in [2.24, 2.45) is 0 Å². The maximum Gasteiger partial charge on any atom is 0.120 e. The van der Waals surface area contributed by atoms with Crippen molar-refractivity contribution in [3.8, 4) is 11.5 Å². The van der Waals surface area contributed by atoms with Crippen molar-refractivity contribution >= 4 is 0 Å². The van der Waals surface area contributed by atoms with E-state index in [0.29, 0.717) is 12.3 Å². The second-order valence-electron chi connectivity index (χ2n) is 4.83. The highest BCUT2D eigenvalue weighted by Crippen LogP contribution is 2.21. The molecule has 0 bridgehead atoms. The van der Waals surface area contributed by atoms with E-state index in [1.54, 1.807) is 18.2 Å². The number of benzene rings is 2. The van der Waals surface area contributed by atoms with Crippen LogP contribution in [0.25, 0.3) is 0 Å². The SMILES string of the molecule is Cc1ccc(O)c(CNC(C)c2cccc(O)c2)c1. The first-order valence-electron chi connectivity index (χ1n) is 6.37. The van der Waals surface area contributed by atoms with E-state index in [-0.39, 0.29) is 11.8 Å². The Morgan fingerprint density at radius 3 is 2.63 bits per heavy atom. The second kappa shape index (κ2) is 5.76. The Labute approximate surface area is 113 Å². The van der Waals surface area contributed by atoms with Gasteiger partial charge >= 0.3 is 0 Å². The van der Waals surface area contributed by atoms with Gasteiger partial charge in [0.2, 0.25) is 0 Å². The molecular weight excluding hydrogens is 238 g/mol.